The third-order valence-corrected chi connectivity index (χ3v) is 5.88. The Morgan fingerprint density at radius 3 is 2.54 bits per heavy atom. The molecule has 0 aliphatic carbocycles. The molecule has 6 nitrogen and oxygen atoms in total. The molecule has 3 aromatic rings. The van der Waals surface area contributed by atoms with Gasteiger partial charge in [-0.25, -0.2) is 9.97 Å². The molecule has 0 aliphatic heterocycles. The van der Waals surface area contributed by atoms with Crippen molar-refractivity contribution in [3.63, 3.8) is 0 Å². The standard InChI is InChI=1S/C18H18N4O2S2/c1-10-11(2)26-18-15(10)17(19-12(3)20-18)25-9-14(23)21-22-16(24)13-7-5-4-6-8-13/h4-8H,9H2,1-3H3,(H,21,23)(H,22,24). The molecule has 2 amide bonds. The number of nitrogens with one attached hydrogen (secondary N) is 2. The van der Waals surface area contributed by atoms with E-state index >= 15 is 0 Å². The van der Waals surface area contributed by atoms with Gasteiger partial charge in [-0.05, 0) is 38.5 Å². The molecule has 3 rings (SSSR count). The lowest BCUT2D eigenvalue weighted by Gasteiger charge is -2.08. The van der Waals surface area contributed by atoms with Crippen LogP contribution < -0.4 is 10.9 Å². The molecule has 134 valence electrons. The molecular formula is C18H18N4O2S2. The van der Waals surface area contributed by atoms with Gasteiger partial charge in [0.25, 0.3) is 5.91 Å². The van der Waals surface area contributed by atoms with Gasteiger partial charge in [-0.3, -0.25) is 20.4 Å². The molecule has 0 aliphatic rings. The zero-order chi connectivity index (χ0) is 18.7. The summed E-state index contributed by atoms with van der Waals surface area (Å²) in [6.45, 7) is 5.93. The molecule has 0 fully saturated rings. The van der Waals surface area contributed by atoms with Crippen LogP contribution in [0.25, 0.3) is 10.2 Å². The lowest BCUT2D eigenvalue weighted by atomic mass is 10.2. The highest BCUT2D eigenvalue weighted by atomic mass is 32.2. The van der Waals surface area contributed by atoms with Gasteiger partial charge in [0, 0.05) is 15.8 Å². The minimum absolute atomic E-state index is 0.148. The third kappa shape index (κ3) is 4.03. The van der Waals surface area contributed by atoms with E-state index in [1.807, 2.05) is 19.9 Å². The van der Waals surface area contributed by atoms with E-state index in [1.165, 1.54) is 16.6 Å². The fourth-order valence-electron chi connectivity index (χ4n) is 2.38. The van der Waals surface area contributed by atoms with Crippen LogP contribution in [0.4, 0.5) is 0 Å². The largest absolute Gasteiger partial charge is 0.272 e. The van der Waals surface area contributed by atoms with Crippen molar-refractivity contribution >= 4 is 45.1 Å². The molecule has 0 saturated carbocycles. The van der Waals surface area contributed by atoms with E-state index in [9.17, 15) is 9.59 Å². The third-order valence-electron chi connectivity index (χ3n) is 3.80. The highest BCUT2D eigenvalue weighted by molar-refractivity contribution is 8.00. The van der Waals surface area contributed by atoms with Crippen LogP contribution >= 0.6 is 23.1 Å². The Kier molecular flexibility index (Phi) is 5.53. The highest BCUT2D eigenvalue weighted by Crippen LogP contribution is 2.34. The van der Waals surface area contributed by atoms with Crippen molar-refractivity contribution in [1.29, 1.82) is 0 Å². The molecule has 8 heteroatoms. The van der Waals surface area contributed by atoms with E-state index in [2.05, 4.69) is 27.7 Å². The normalized spacial score (nSPS) is 10.7. The zero-order valence-electron chi connectivity index (χ0n) is 14.6. The Bertz CT molecular complexity index is 970. The van der Waals surface area contributed by atoms with Gasteiger partial charge in [0.1, 0.15) is 15.7 Å². The first kappa shape index (κ1) is 18.3. The predicted octanol–water partition coefficient (Wildman–Crippen LogP) is 3.17. The number of thioether (sulfide) groups is 1. The second-order valence-corrected chi connectivity index (χ2v) is 7.86. The topological polar surface area (TPSA) is 84.0 Å². The quantitative estimate of drug-likeness (QED) is 0.409. The fourth-order valence-corrected chi connectivity index (χ4v) is 4.45. The first-order valence-corrected chi connectivity index (χ1v) is 9.77. The minimum Gasteiger partial charge on any atom is -0.272 e. The van der Waals surface area contributed by atoms with Crippen LogP contribution in [0.3, 0.4) is 0 Å². The molecular weight excluding hydrogens is 368 g/mol. The smallest absolute Gasteiger partial charge is 0.269 e. The molecule has 0 bridgehead atoms. The SMILES string of the molecule is Cc1nc(SCC(=O)NNC(=O)c2ccccc2)c2c(C)c(C)sc2n1. The van der Waals surface area contributed by atoms with Gasteiger partial charge < -0.3 is 0 Å². The Labute approximate surface area is 159 Å². The summed E-state index contributed by atoms with van der Waals surface area (Å²) >= 11 is 2.97. The number of nitrogens with zero attached hydrogens (tertiary/aromatic N) is 2. The van der Waals surface area contributed by atoms with Crippen molar-refractivity contribution in [2.24, 2.45) is 0 Å². The number of amides is 2. The van der Waals surface area contributed by atoms with Gasteiger partial charge in [0.15, 0.2) is 0 Å². The molecule has 2 heterocycles. The number of fused-ring (bicyclic) bond motifs is 1. The van der Waals surface area contributed by atoms with Crippen LogP contribution in [0, 0.1) is 20.8 Å². The van der Waals surface area contributed by atoms with E-state index in [-0.39, 0.29) is 17.6 Å². The lowest BCUT2D eigenvalue weighted by Crippen LogP contribution is -2.42. The molecule has 0 spiro atoms. The summed E-state index contributed by atoms with van der Waals surface area (Å²) in [6, 6.07) is 8.71. The molecule has 0 atom stereocenters. The average Bonchev–Trinajstić information content (AvgIpc) is 2.92. The summed E-state index contributed by atoms with van der Waals surface area (Å²) < 4.78 is 0. The van der Waals surface area contributed by atoms with Crippen LogP contribution in [-0.2, 0) is 4.79 Å². The average molecular weight is 387 g/mol. The Morgan fingerprint density at radius 1 is 1.08 bits per heavy atom. The summed E-state index contributed by atoms with van der Waals surface area (Å²) in [4.78, 5) is 35.1. The van der Waals surface area contributed by atoms with Crippen LogP contribution in [0.1, 0.15) is 26.6 Å². The number of rotatable bonds is 4. The molecule has 0 radical (unpaired) electrons. The number of aromatic nitrogens is 2. The van der Waals surface area contributed by atoms with Crippen molar-refractivity contribution in [3.05, 3.63) is 52.2 Å². The number of aryl methyl sites for hydroxylation is 3. The maximum absolute atomic E-state index is 12.1. The van der Waals surface area contributed by atoms with Gasteiger partial charge >= 0.3 is 0 Å². The maximum atomic E-state index is 12.1. The monoisotopic (exact) mass is 386 g/mol. The second kappa shape index (κ2) is 7.84. The second-order valence-electron chi connectivity index (χ2n) is 5.70. The molecule has 2 aromatic heterocycles. The van der Waals surface area contributed by atoms with Gasteiger partial charge in [-0.15, -0.1) is 11.3 Å². The first-order chi connectivity index (χ1) is 12.5. The Balaban J connectivity index is 1.63. The Hall–Kier alpha value is -2.45. The van der Waals surface area contributed by atoms with Crippen molar-refractivity contribution in [2.75, 3.05) is 5.75 Å². The van der Waals surface area contributed by atoms with E-state index in [0.29, 0.717) is 11.4 Å². The molecule has 26 heavy (non-hydrogen) atoms. The predicted molar refractivity (Wildman–Crippen MR) is 104 cm³/mol. The van der Waals surface area contributed by atoms with Crippen LogP contribution in [0.15, 0.2) is 35.4 Å². The summed E-state index contributed by atoms with van der Waals surface area (Å²) in [6.07, 6.45) is 0. The number of benzene rings is 1. The lowest BCUT2D eigenvalue weighted by molar-refractivity contribution is -0.119. The van der Waals surface area contributed by atoms with Crippen LogP contribution in [0.5, 0.6) is 0 Å². The number of hydrogen-bond donors (Lipinski definition) is 2. The number of hydrazine groups is 1. The van der Waals surface area contributed by atoms with Crippen molar-refractivity contribution in [2.45, 2.75) is 25.8 Å². The van der Waals surface area contributed by atoms with Crippen molar-refractivity contribution in [3.8, 4) is 0 Å². The summed E-state index contributed by atoms with van der Waals surface area (Å²) in [5.41, 5.74) is 6.48. The summed E-state index contributed by atoms with van der Waals surface area (Å²) in [5.74, 6) is 0.176. The van der Waals surface area contributed by atoms with E-state index in [1.54, 1.807) is 35.6 Å². The summed E-state index contributed by atoms with van der Waals surface area (Å²) in [5, 5.41) is 1.79. The Morgan fingerprint density at radius 2 is 1.81 bits per heavy atom. The van der Waals surface area contributed by atoms with E-state index in [4.69, 9.17) is 0 Å². The molecule has 2 N–H and O–H groups in total. The number of carbonyl (C=O) groups is 2. The maximum Gasteiger partial charge on any atom is 0.269 e. The molecule has 0 saturated heterocycles. The van der Waals surface area contributed by atoms with Gasteiger partial charge in [-0.1, -0.05) is 30.0 Å². The van der Waals surface area contributed by atoms with Crippen molar-refractivity contribution in [1.82, 2.24) is 20.8 Å². The molecule has 1 aromatic carbocycles. The fraction of sp³-hybridized carbons (Fsp3) is 0.222. The minimum atomic E-state index is -0.353. The number of thiophene rings is 1. The van der Waals surface area contributed by atoms with Gasteiger partial charge in [-0.2, -0.15) is 0 Å². The first-order valence-electron chi connectivity index (χ1n) is 7.97. The number of carbonyl (C=O) groups excluding carboxylic acids is 2. The van der Waals surface area contributed by atoms with Crippen LogP contribution in [-0.4, -0.2) is 27.5 Å². The van der Waals surface area contributed by atoms with Crippen LogP contribution in [0.2, 0.25) is 0 Å². The zero-order valence-corrected chi connectivity index (χ0v) is 16.3. The highest BCUT2D eigenvalue weighted by Gasteiger charge is 2.15. The van der Waals surface area contributed by atoms with Gasteiger partial charge in [0.2, 0.25) is 5.91 Å². The van der Waals surface area contributed by atoms with E-state index in [0.717, 1.165) is 20.8 Å². The van der Waals surface area contributed by atoms with Gasteiger partial charge in [0.05, 0.1) is 5.75 Å². The molecule has 0 unspecified atom stereocenters. The summed E-state index contributed by atoms with van der Waals surface area (Å²) in [7, 11) is 0. The van der Waals surface area contributed by atoms with E-state index < -0.39 is 0 Å². The van der Waals surface area contributed by atoms with Crippen molar-refractivity contribution < 1.29 is 9.59 Å². The number of hydrogen-bond acceptors (Lipinski definition) is 6.